The van der Waals surface area contributed by atoms with E-state index in [4.69, 9.17) is 9.84 Å². The van der Waals surface area contributed by atoms with Gasteiger partial charge in [-0.25, -0.2) is 4.79 Å². The molecular weight excluding hydrogens is 260 g/mol. The van der Waals surface area contributed by atoms with Crippen molar-refractivity contribution in [1.82, 2.24) is 10.6 Å². The second-order valence-corrected chi connectivity index (χ2v) is 6.06. The van der Waals surface area contributed by atoms with Crippen molar-refractivity contribution in [3.63, 3.8) is 0 Å². The first-order chi connectivity index (χ1) is 9.31. The van der Waals surface area contributed by atoms with Crippen molar-refractivity contribution in [1.29, 1.82) is 0 Å². The van der Waals surface area contributed by atoms with Gasteiger partial charge in [-0.15, -0.1) is 0 Å². The standard InChI is InChI=1S/C14H26N2O4/c1-5-9(6-12(17)18)8-15-13(19)16-10-7-11(20-4)14(10,2)3/h9-11H,5-8H2,1-4H3,(H,17,18)(H2,15,16,19). The van der Waals surface area contributed by atoms with Gasteiger partial charge in [0.05, 0.1) is 6.10 Å². The lowest BCUT2D eigenvalue weighted by molar-refractivity contribution is -0.138. The number of ether oxygens (including phenoxy) is 1. The molecule has 0 saturated heterocycles. The van der Waals surface area contributed by atoms with E-state index < -0.39 is 5.97 Å². The Labute approximate surface area is 120 Å². The Bertz CT molecular complexity index is 357. The zero-order valence-electron chi connectivity index (χ0n) is 12.7. The third kappa shape index (κ3) is 4.10. The number of rotatable bonds is 7. The Morgan fingerprint density at radius 1 is 1.45 bits per heavy atom. The van der Waals surface area contributed by atoms with Crippen LogP contribution in [0.5, 0.6) is 0 Å². The summed E-state index contributed by atoms with van der Waals surface area (Å²) in [6.45, 7) is 6.44. The molecule has 1 saturated carbocycles. The molecule has 0 spiro atoms. The van der Waals surface area contributed by atoms with Gasteiger partial charge in [0.25, 0.3) is 0 Å². The Hall–Kier alpha value is -1.30. The lowest BCUT2D eigenvalue weighted by atomic mass is 9.64. The number of hydrogen-bond donors (Lipinski definition) is 3. The molecule has 0 heterocycles. The summed E-state index contributed by atoms with van der Waals surface area (Å²) in [6.07, 6.45) is 1.79. The van der Waals surface area contributed by atoms with Gasteiger partial charge in [0.15, 0.2) is 0 Å². The fraction of sp³-hybridized carbons (Fsp3) is 0.857. The third-order valence-electron chi connectivity index (χ3n) is 4.36. The number of carbonyl (C=O) groups excluding carboxylic acids is 1. The molecule has 6 heteroatoms. The summed E-state index contributed by atoms with van der Waals surface area (Å²) < 4.78 is 5.34. The number of aliphatic carboxylic acids is 1. The molecule has 3 atom stereocenters. The minimum atomic E-state index is -0.831. The van der Waals surface area contributed by atoms with Crippen LogP contribution in [0.2, 0.25) is 0 Å². The van der Waals surface area contributed by atoms with Crippen LogP contribution in [0.3, 0.4) is 0 Å². The fourth-order valence-electron chi connectivity index (χ4n) is 2.58. The average molecular weight is 286 g/mol. The van der Waals surface area contributed by atoms with E-state index in [-0.39, 0.29) is 35.9 Å². The SMILES string of the molecule is CCC(CNC(=O)NC1CC(OC)C1(C)C)CC(=O)O. The first-order valence-corrected chi connectivity index (χ1v) is 7.10. The summed E-state index contributed by atoms with van der Waals surface area (Å²) in [4.78, 5) is 22.5. The third-order valence-corrected chi connectivity index (χ3v) is 4.36. The van der Waals surface area contributed by atoms with E-state index in [1.54, 1.807) is 7.11 Å². The molecule has 6 nitrogen and oxygen atoms in total. The van der Waals surface area contributed by atoms with Crippen LogP contribution in [0.1, 0.15) is 40.0 Å². The molecule has 3 N–H and O–H groups in total. The van der Waals surface area contributed by atoms with Crippen LogP contribution in [0.25, 0.3) is 0 Å². The first-order valence-electron chi connectivity index (χ1n) is 7.10. The molecule has 1 aliphatic carbocycles. The lowest BCUT2D eigenvalue weighted by Crippen LogP contribution is -2.63. The topological polar surface area (TPSA) is 87.7 Å². The molecule has 2 amide bonds. The van der Waals surface area contributed by atoms with Crippen molar-refractivity contribution < 1.29 is 19.4 Å². The highest BCUT2D eigenvalue weighted by molar-refractivity contribution is 5.74. The highest BCUT2D eigenvalue weighted by atomic mass is 16.5. The van der Waals surface area contributed by atoms with Crippen LogP contribution in [0.15, 0.2) is 0 Å². The molecule has 20 heavy (non-hydrogen) atoms. The van der Waals surface area contributed by atoms with E-state index in [9.17, 15) is 9.59 Å². The molecule has 1 fully saturated rings. The zero-order valence-corrected chi connectivity index (χ0v) is 12.7. The number of methoxy groups -OCH3 is 1. The number of nitrogens with one attached hydrogen (secondary N) is 2. The maximum atomic E-state index is 11.8. The van der Waals surface area contributed by atoms with Gasteiger partial charge in [0.2, 0.25) is 0 Å². The van der Waals surface area contributed by atoms with E-state index in [2.05, 4.69) is 24.5 Å². The van der Waals surface area contributed by atoms with Gasteiger partial charge >= 0.3 is 12.0 Å². The lowest BCUT2D eigenvalue weighted by Gasteiger charge is -2.51. The van der Waals surface area contributed by atoms with E-state index in [0.717, 1.165) is 12.8 Å². The number of carboxylic acid groups (broad SMARTS) is 1. The molecule has 3 unspecified atom stereocenters. The van der Waals surface area contributed by atoms with Gasteiger partial charge in [-0.3, -0.25) is 4.79 Å². The molecular formula is C14H26N2O4. The molecule has 0 aromatic carbocycles. The maximum absolute atomic E-state index is 11.8. The molecule has 1 rings (SSSR count). The number of hydrogen-bond acceptors (Lipinski definition) is 3. The van der Waals surface area contributed by atoms with Crippen LogP contribution in [0, 0.1) is 11.3 Å². The quantitative estimate of drug-likeness (QED) is 0.663. The van der Waals surface area contributed by atoms with E-state index in [1.165, 1.54) is 0 Å². The number of amides is 2. The molecule has 0 radical (unpaired) electrons. The number of urea groups is 1. The molecule has 1 aliphatic rings. The Morgan fingerprint density at radius 3 is 2.55 bits per heavy atom. The van der Waals surface area contributed by atoms with Crippen LogP contribution in [-0.2, 0) is 9.53 Å². The Morgan fingerprint density at radius 2 is 2.10 bits per heavy atom. The second-order valence-electron chi connectivity index (χ2n) is 6.06. The van der Waals surface area contributed by atoms with Gasteiger partial charge in [-0.1, -0.05) is 27.2 Å². The van der Waals surface area contributed by atoms with Crippen LogP contribution >= 0.6 is 0 Å². The minimum absolute atomic E-state index is 0.0284. The normalized spacial score (nSPS) is 25.4. The summed E-state index contributed by atoms with van der Waals surface area (Å²) in [5, 5.41) is 14.4. The molecule has 116 valence electrons. The highest BCUT2D eigenvalue weighted by Crippen LogP contribution is 2.42. The molecule has 0 aromatic rings. The molecule has 0 aliphatic heterocycles. The van der Waals surface area contributed by atoms with Crippen molar-refractivity contribution in [2.45, 2.75) is 52.2 Å². The van der Waals surface area contributed by atoms with Gasteiger partial charge in [0, 0.05) is 31.5 Å². The van der Waals surface area contributed by atoms with Crippen molar-refractivity contribution in [3.8, 4) is 0 Å². The summed E-state index contributed by atoms with van der Waals surface area (Å²) in [5.41, 5.74) is -0.0721. The Balaban J connectivity index is 2.32. The van der Waals surface area contributed by atoms with Gasteiger partial charge in [0.1, 0.15) is 0 Å². The monoisotopic (exact) mass is 286 g/mol. The van der Waals surface area contributed by atoms with E-state index in [1.807, 2.05) is 6.92 Å². The van der Waals surface area contributed by atoms with Crippen LogP contribution in [-0.4, -0.2) is 42.9 Å². The summed E-state index contributed by atoms with van der Waals surface area (Å²) in [5.74, 6) is -0.860. The summed E-state index contributed by atoms with van der Waals surface area (Å²) in [6, 6.07) is -0.145. The van der Waals surface area contributed by atoms with Crippen LogP contribution < -0.4 is 10.6 Å². The van der Waals surface area contributed by atoms with Crippen molar-refractivity contribution in [2.75, 3.05) is 13.7 Å². The minimum Gasteiger partial charge on any atom is -0.481 e. The average Bonchev–Trinajstić information content (AvgIpc) is 2.38. The van der Waals surface area contributed by atoms with Gasteiger partial charge < -0.3 is 20.5 Å². The second kappa shape index (κ2) is 6.92. The summed E-state index contributed by atoms with van der Waals surface area (Å²) in [7, 11) is 1.68. The van der Waals surface area contributed by atoms with Gasteiger partial charge in [-0.2, -0.15) is 0 Å². The predicted octanol–water partition coefficient (Wildman–Crippen LogP) is 1.60. The smallest absolute Gasteiger partial charge is 0.315 e. The fourth-order valence-corrected chi connectivity index (χ4v) is 2.58. The van der Waals surface area contributed by atoms with Crippen molar-refractivity contribution in [3.05, 3.63) is 0 Å². The molecule has 0 bridgehead atoms. The van der Waals surface area contributed by atoms with Crippen molar-refractivity contribution >= 4 is 12.0 Å². The first kappa shape index (κ1) is 16.8. The maximum Gasteiger partial charge on any atom is 0.315 e. The zero-order chi connectivity index (χ0) is 15.3. The van der Waals surface area contributed by atoms with Crippen molar-refractivity contribution in [2.24, 2.45) is 11.3 Å². The van der Waals surface area contributed by atoms with E-state index in [0.29, 0.717) is 6.54 Å². The van der Waals surface area contributed by atoms with Gasteiger partial charge in [-0.05, 0) is 12.3 Å². The number of carboxylic acids is 1. The largest absolute Gasteiger partial charge is 0.481 e. The van der Waals surface area contributed by atoms with E-state index >= 15 is 0 Å². The Kier molecular flexibility index (Phi) is 5.80. The summed E-state index contributed by atoms with van der Waals surface area (Å²) >= 11 is 0. The highest BCUT2D eigenvalue weighted by Gasteiger charge is 2.49. The van der Waals surface area contributed by atoms with Crippen LogP contribution in [0.4, 0.5) is 4.79 Å². The predicted molar refractivity (Wildman–Crippen MR) is 75.6 cm³/mol. The number of carbonyl (C=O) groups is 2. The molecule has 0 aromatic heterocycles.